The molecule has 1 fully saturated rings. The van der Waals surface area contributed by atoms with E-state index in [0.717, 1.165) is 6.54 Å². The number of halogens is 1. The second kappa shape index (κ2) is 9.45. The van der Waals surface area contributed by atoms with Gasteiger partial charge in [0.2, 0.25) is 11.6 Å². The highest BCUT2D eigenvalue weighted by Crippen LogP contribution is 2.33. The molecule has 7 heteroatoms. The van der Waals surface area contributed by atoms with Crippen molar-refractivity contribution in [2.75, 3.05) is 25.6 Å². The van der Waals surface area contributed by atoms with Crippen molar-refractivity contribution < 1.29 is 9.13 Å². The minimum absolute atomic E-state index is 0.0628. The predicted molar refractivity (Wildman–Crippen MR) is 128 cm³/mol. The molecule has 0 amide bonds. The van der Waals surface area contributed by atoms with Crippen LogP contribution in [0.25, 0.3) is 27.2 Å². The van der Waals surface area contributed by atoms with E-state index >= 15 is 0 Å². The van der Waals surface area contributed by atoms with E-state index in [1.54, 1.807) is 49.1 Å². The van der Waals surface area contributed by atoms with Crippen LogP contribution in [0.3, 0.4) is 0 Å². The number of aromatic nitrogens is 2. The van der Waals surface area contributed by atoms with Crippen molar-refractivity contribution in [2.45, 2.75) is 25.7 Å². The summed E-state index contributed by atoms with van der Waals surface area (Å²) in [4.78, 5) is 23.7. The van der Waals surface area contributed by atoms with E-state index in [1.165, 1.54) is 37.8 Å². The van der Waals surface area contributed by atoms with Gasteiger partial charge in [-0.1, -0.05) is 37.1 Å². The number of hydrogen-bond donors (Lipinski definition) is 0. The van der Waals surface area contributed by atoms with Gasteiger partial charge in [-0.05, 0) is 42.5 Å². The fourth-order valence-electron chi connectivity index (χ4n) is 4.57. The molecule has 33 heavy (non-hydrogen) atoms. The number of methoxy groups -OCH3 is 1. The molecule has 4 rings (SSSR count). The number of hydrogen-bond acceptors (Lipinski definition) is 4. The Morgan fingerprint density at radius 2 is 1.85 bits per heavy atom. The van der Waals surface area contributed by atoms with Crippen molar-refractivity contribution in [3.63, 3.8) is 0 Å². The van der Waals surface area contributed by atoms with Gasteiger partial charge < -0.3 is 9.64 Å². The van der Waals surface area contributed by atoms with Crippen LogP contribution in [0.2, 0.25) is 0 Å². The van der Waals surface area contributed by atoms with Crippen LogP contribution in [0.15, 0.2) is 47.3 Å². The molecule has 0 saturated heterocycles. The van der Waals surface area contributed by atoms with Crippen molar-refractivity contribution >= 4 is 11.6 Å². The molecule has 1 aliphatic rings. The number of anilines is 1. The quantitative estimate of drug-likeness (QED) is 0.473. The molecule has 1 saturated carbocycles. The molecule has 170 valence electrons. The number of nitrogens with zero attached hydrogens (tertiary/aromatic N) is 4. The molecule has 0 atom stereocenters. The van der Waals surface area contributed by atoms with E-state index in [0.29, 0.717) is 40.0 Å². The van der Waals surface area contributed by atoms with E-state index in [-0.39, 0.29) is 11.2 Å². The van der Waals surface area contributed by atoms with Gasteiger partial charge >= 0.3 is 0 Å². The average Bonchev–Trinajstić information content (AvgIpc) is 3.33. The smallest absolute Gasteiger partial charge is 0.263 e. The highest BCUT2D eigenvalue weighted by Gasteiger charge is 2.23. The Bertz CT molecular complexity index is 1260. The summed E-state index contributed by atoms with van der Waals surface area (Å²) in [6, 6.07) is 11.5. The molecule has 3 aromatic rings. The summed E-state index contributed by atoms with van der Waals surface area (Å²) in [5.74, 6) is 1.15. The lowest BCUT2D eigenvalue weighted by Gasteiger charge is -2.25. The van der Waals surface area contributed by atoms with Gasteiger partial charge in [-0.25, -0.2) is 14.2 Å². The maximum absolute atomic E-state index is 14.5. The Kier molecular flexibility index (Phi) is 6.45. The highest BCUT2D eigenvalue weighted by atomic mass is 19.1. The first-order valence-corrected chi connectivity index (χ1v) is 11.1. The van der Waals surface area contributed by atoms with E-state index in [1.807, 2.05) is 11.9 Å². The number of ether oxygens (including phenoxy) is 1. The van der Waals surface area contributed by atoms with Crippen LogP contribution >= 0.6 is 0 Å². The molecular weight excluding hydrogens is 419 g/mol. The van der Waals surface area contributed by atoms with Gasteiger partial charge in [-0.15, -0.1) is 0 Å². The van der Waals surface area contributed by atoms with Crippen LogP contribution in [0.5, 0.6) is 5.75 Å². The molecule has 0 spiro atoms. The van der Waals surface area contributed by atoms with E-state index in [4.69, 9.17) is 16.3 Å². The van der Waals surface area contributed by atoms with Gasteiger partial charge in [-0.3, -0.25) is 9.36 Å². The monoisotopic (exact) mass is 446 g/mol. The molecule has 1 aliphatic carbocycles. The highest BCUT2D eigenvalue weighted by molar-refractivity contribution is 5.82. The van der Waals surface area contributed by atoms with Gasteiger partial charge in [0.15, 0.2) is 0 Å². The maximum Gasteiger partial charge on any atom is 0.263 e. The summed E-state index contributed by atoms with van der Waals surface area (Å²) in [5, 5.41) is 0. The summed E-state index contributed by atoms with van der Waals surface area (Å²) in [6.07, 6.45) is 4.83. The molecular formula is C26H27FN4O2. The van der Waals surface area contributed by atoms with E-state index < -0.39 is 5.82 Å². The summed E-state index contributed by atoms with van der Waals surface area (Å²) in [5.41, 5.74) is 1.62. The third kappa shape index (κ3) is 4.47. The first-order chi connectivity index (χ1) is 15.9. The number of rotatable bonds is 6. The predicted octanol–water partition coefficient (Wildman–Crippen LogP) is 5.44. The first-order valence-electron chi connectivity index (χ1n) is 11.1. The Hall–Kier alpha value is -3.66. The zero-order chi connectivity index (χ0) is 23.5. The Balaban J connectivity index is 1.89. The van der Waals surface area contributed by atoms with E-state index in [2.05, 4.69) is 4.85 Å². The second-order valence-corrected chi connectivity index (χ2v) is 8.54. The van der Waals surface area contributed by atoms with Crippen molar-refractivity contribution in [3.05, 3.63) is 70.1 Å². The summed E-state index contributed by atoms with van der Waals surface area (Å²) in [7, 11) is 5.24. The Labute approximate surface area is 193 Å². The van der Waals surface area contributed by atoms with Crippen molar-refractivity contribution in [1.82, 2.24) is 9.55 Å². The lowest BCUT2D eigenvalue weighted by atomic mass is 9.99. The minimum atomic E-state index is -0.633. The molecule has 0 radical (unpaired) electrons. The molecule has 0 aliphatic heterocycles. The normalized spacial score (nSPS) is 13.7. The summed E-state index contributed by atoms with van der Waals surface area (Å²) in [6.45, 7) is 7.94. The first kappa shape index (κ1) is 22.5. The molecule has 6 nitrogen and oxygen atoms in total. The fourth-order valence-corrected chi connectivity index (χ4v) is 4.57. The lowest BCUT2D eigenvalue weighted by molar-refractivity contribution is 0.415. The maximum atomic E-state index is 14.5. The molecule has 0 unspecified atom stereocenters. The molecule has 0 N–H and O–H groups in total. The van der Waals surface area contributed by atoms with Gasteiger partial charge in [0.05, 0.1) is 24.9 Å². The minimum Gasteiger partial charge on any atom is -0.497 e. The SMILES string of the molecule is [C-]#[N+]c1ccc(-c2nc(N(C)CC3CCCC3)n(C)c(=O)c2-c2ccc(OC)cc2)cc1F. The second-order valence-electron chi connectivity index (χ2n) is 8.54. The van der Waals surface area contributed by atoms with Crippen LogP contribution in [0.4, 0.5) is 16.0 Å². The van der Waals surface area contributed by atoms with Crippen LogP contribution < -0.4 is 15.2 Å². The van der Waals surface area contributed by atoms with Gasteiger partial charge in [-0.2, -0.15) is 0 Å². The Morgan fingerprint density at radius 1 is 1.18 bits per heavy atom. The van der Waals surface area contributed by atoms with Crippen LogP contribution in [0, 0.1) is 18.3 Å². The van der Waals surface area contributed by atoms with Crippen molar-refractivity contribution in [3.8, 4) is 28.1 Å². The van der Waals surface area contributed by atoms with Gasteiger partial charge in [0.1, 0.15) is 11.6 Å². The third-order valence-corrected chi connectivity index (χ3v) is 6.34. The van der Waals surface area contributed by atoms with Gasteiger partial charge in [0.25, 0.3) is 5.56 Å². The standard InChI is InChI=1S/C26H27FN4O2/c1-28-22-14-11-19(15-21(22)27)24-23(18-9-12-20(33-4)13-10-18)25(32)31(3)26(29-24)30(2)16-17-7-5-6-8-17/h9-15,17H,5-8,16H2,2-4H3. The zero-order valence-corrected chi connectivity index (χ0v) is 19.1. The zero-order valence-electron chi connectivity index (χ0n) is 19.1. The van der Waals surface area contributed by atoms with Crippen LogP contribution in [-0.4, -0.2) is 30.3 Å². The summed E-state index contributed by atoms with van der Waals surface area (Å²) < 4.78 is 21.3. The average molecular weight is 447 g/mol. The molecule has 0 bridgehead atoms. The van der Waals surface area contributed by atoms with Crippen molar-refractivity contribution in [1.29, 1.82) is 0 Å². The van der Waals surface area contributed by atoms with Crippen LogP contribution in [-0.2, 0) is 7.05 Å². The molecule has 1 heterocycles. The fraction of sp³-hybridized carbons (Fsp3) is 0.346. The van der Waals surface area contributed by atoms with Crippen LogP contribution in [0.1, 0.15) is 25.7 Å². The summed E-state index contributed by atoms with van der Waals surface area (Å²) >= 11 is 0. The topological polar surface area (TPSA) is 51.7 Å². The van der Waals surface area contributed by atoms with Gasteiger partial charge in [0, 0.05) is 26.2 Å². The lowest BCUT2D eigenvalue weighted by Crippen LogP contribution is -2.33. The largest absolute Gasteiger partial charge is 0.497 e. The molecule has 2 aromatic carbocycles. The number of benzene rings is 2. The third-order valence-electron chi connectivity index (χ3n) is 6.34. The van der Waals surface area contributed by atoms with Crippen molar-refractivity contribution in [2.24, 2.45) is 13.0 Å². The molecule has 1 aromatic heterocycles. The van der Waals surface area contributed by atoms with E-state index in [9.17, 15) is 9.18 Å². The Morgan fingerprint density at radius 3 is 2.45 bits per heavy atom.